The fraction of sp³-hybridized carbons (Fsp3) is 0.211. The zero-order valence-corrected chi connectivity index (χ0v) is 15.9. The van der Waals surface area contributed by atoms with Crippen molar-refractivity contribution in [2.24, 2.45) is 0 Å². The van der Waals surface area contributed by atoms with Crippen LogP contribution in [0.3, 0.4) is 0 Å². The number of rotatable bonds is 6. The summed E-state index contributed by atoms with van der Waals surface area (Å²) in [6.45, 7) is 2.23. The second-order valence-corrected chi connectivity index (χ2v) is 7.24. The number of benzene rings is 1. The van der Waals surface area contributed by atoms with Crippen LogP contribution in [0.1, 0.15) is 34.4 Å². The van der Waals surface area contributed by atoms with Crippen LogP contribution in [-0.2, 0) is 13.0 Å². The van der Waals surface area contributed by atoms with Gasteiger partial charge in [0.1, 0.15) is 10.8 Å². The summed E-state index contributed by atoms with van der Waals surface area (Å²) in [6, 6.07) is 9.97. The number of aromatic nitrogens is 5. The molecule has 28 heavy (non-hydrogen) atoms. The third kappa shape index (κ3) is 3.61. The second kappa shape index (κ2) is 7.81. The number of carbonyl (C=O) groups excluding carboxylic acids is 1. The number of hydrogen-bond donors (Lipinski definition) is 1. The number of nitrogens with one attached hydrogen (secondary N) is 1. The maximum atomic E-state index is 14.0. The van der Waals surface area contributed by atoms with Crippen molar-refractivity contribution >= 4 is 33.4 Å². The zero-order valence-electron chi connectivity index (χ0n) is 15.1. The lowest BCUT2D eigenvalue weighted by atomic mass is 10.2. The van der Waals surface area contributed by atoms with Gasteiger partial charge in [0, 0.05) is 18.2 Å². The van der Waals surface area contributed by atoms with Crippen molar-refractivity contribution in [3.63, 3.8) is 0 Å². The first-order valence-electron chi connectivity index (χ1n) is 8.84. The van der Waals surface area contributed by atoms with E-state index >= 15 is 0 Å². The monoisotopic (exact) mass is 396 g/mol. The van der Waals surface area contributed by atoms with Gasteiger partial charge in [0.2, 0.25) is 5.13 Å². The van der Waals surface area contributed by atoms with Crippen molar-refractivity contribution in [1.29, 1.82) is 0 Å². The van der Waals surface area contributed by atoms with Crippen molar-refractivity contribution in [2.75, 3.05) is 5.32 Å². The number of amides is 1. The molecule has 0 atom stereocenters. The Morgan fingerprint density at radius 3 is 2.89 bits per heavy atom. The molecule has 0 aliphatic carbocycles. The molecule has 4 rings (SSSR count). The van der Waals surface area contributed by atoms with Crippen LogP contribution in [-0.4, -0.2) is 30.9 Å². The van der Waals surface area contributed by atoms with Crippen LogP contribution in [0.2, 0.25) is 0 Å². The minimum Gasteiger partial charge on any atom is -0.295 e. The normalized spacial score (nSPS) is 11.1. The third-order valence-corrected chi connectivity index (χ3v) is 5.05. The Hall–Kier alpha value is -3.20. The van der Waals surface area contributed by atoms with Crippen LogP contribution in [0.15, 0.2) is 42.6 Å². The van der Waals surface area contributed by atoms with E-state index in [2.05, 4.69) is 32.5 Å². The summed E-state index contributed by atoms with van der Waals surface area (Å²) in [4.78, 5) is 17.1. The molecule has 7 nitrogen and oxygen atoms in total. The Morgan fingerprint density at radius 1 is 1.21 bits per heavy atom. The van der Waals surface area contributed by atoms with Crippen molar-refractivity contribution in [3.05, 3.63) is 64.7 Å². The smallest absolute Gasteiger partial charge is 0.278 e. The lowest BCUT2D eigenvalue weighted by molar-refractivity contribution is 0.102. The van der Waals surface area contributed by atoms with Crippen LogP contribution in [0, 0.1) is 5.82 Å². The number of aryl methyl sites for hydroxylation is 1. The minimum absolute atomic E-state index is 0.174. The highest BCUT2D eigenvalue weighted by Crippen LogP contribution is 2.21. The van der Waals surface area contributed by atoms with E-state index in [1.807, 2.05) is 0 Å². The largest absolute Gasteiger partial charge is 0.295 e. The van der Waals surface area contributed by atoms with E-state index in [-0.39, 0.29) is 18.1 Å². The van der Waals surface area contributed by atoms with Gasteiger partial charge in [-0.05, 0) is 24.6 Å². The molecule has 0 spiro atoms. The number of fused-ring (bicyclic) bond motifs is 1. The Balaban J connectivity index is 1.65. The second-order valence-electron chi connectivity index (χ2n) is 6.18. The molecule has 1 N–H and O–H groups in total. The Morgan fingerprint density at radius 2 is 2.07 bits per heavy atom. The number of halogens is 1. The fourth-order valence-corrected chi connectivity index (χ4v) is 3.69. The quantitative estimate of drug-likeness (QED) is 0.537. The zero-order chi connectivity index (χ0) is 19.5. The molecule has 0 fully saturated rings. The maximum absolute atomic E-state index is 14.0. The van der Waals surface area contributed by atoms with Gasteiger partial charge in [-0.1, -0.05) is 36.5 Å². The molecule has 0 unspecified atom stereocenters. The maximum Gasteiger partial charge on any atom is 0.278 e. The van der Waals surface area contributed by atoms with E-state index in [9.17, 15) is 9.18 Å². The van der Waals surface area contributed by atoms with Crippen molar-refractivity contribution < 1.29 is 9.18 Å². The van der Waals surface area contributed by atoms with Crippen LogP contribution in [0.5, 0.6) is 0 Å². The van der Waals surface area contributed by atoms with Crippen LogP contribution >= 0.6 is 11.3 Å². The molecule has 0 aliphatic rings. The molecule has 0 radical (unpaired) electrons. The first-order valence-corrected chi connectivity index (χ1v) is 9.66. The summed E-state index contributed by atoms with van der Waals surface area (Å²) < 4.78 is 15.6. The molecular weight excluding hydrogens is 379 g/mol. The van der Waals surface area contributed by atoms with E-state index in [1.54, 1.807) is 36.5 Å². The third-order valence-electron chi connectivity index (χ3n) is 4.15. The molecule has 0 saturated carbocycles. The van der Waals surface area contributed by atoms with Crippen molar-refractivity contribution in [1.82, 2.24) is 25.0 Å². The van der Waals surface area contributed by atoms with E-state index < -0.39 is 5.91 Å². The number of nitrogens with zero attached hydrogens (tertiary/aromatic N) is 5. The SMILES string of the molecule is CCCc1nnc(NC(=O)c2nn(Cc3ccccc3F)c3ncccc23)s1. The number of carbonyl (C=O) groups is 1. The molecule has 9 heteroatoms. The molecule has 3 aromatic heterocycles. The van der Waals surface area contributed by atoms with Crippen LogP contribution in [0.4, 0.5) is 9.52 Å². The number of anilines is 1. The minimum atomic E-state index is -0.399. The predicted octanol–water partition coefficient (Wildman–Crippen LogP) is 3.68. The van der Waals surface area contributed by atoms with Gasteiger partial charge in [0.15, 0.2) is 11.3 Å². The van der Waals surface area contributed by atoms with Gasteiger partial charge in [-0.25, -0.2) is 14.1 Å². The van der Waals surface area contributed by atoms with E-state index in [4.69, 9.17) is 0 Å². The lowest BCUT2D eigenvalue weighted by Crippen LogP contribution is -2.14. The average Bonchev–Trinajstić information content (AvgIpc) is 3.29. The average molecular weight is 396 g/mol. The van der Waals surface area contributed by atoms with Crippen LogP contribution in [0.25, 0.3) is 11.0 Å². The summed E-state index contributed by atoms with van der Waals surface area (Å²) >= 11 is 1.34. The van der Waals surface area contributed by atoms with Gasteiger partial charge < -0.3 is 0 Å². The van der Waals surface area contributed by atoms with Gasteiger partial charge in [0.05, 0.1) is 11.9 Å². The highest BCUT2D eigenvalue weighted by molar-refractivity contribution is 7.15. The number of pyridine rings is 1. The van der Waals surface area contributed by atoms with E-state index in [1.165, 1.54) is 22.1 Å². The van der Waals surface area contributed by atoms with Gasteiger partial charge in [-0.3, -0.25) is 10.1 Å². The Labute approximate surface area is 164 Å². The summed E-state index contributed by atoms with van der Waals surface area (Å²) in [6.07, 6.45) is 3.39. The molecule has 0 saturated heterocycles. The summed E-state index contributed by atoms with van der Waals surface area (Å²) in [5.74, 6) is -0.727. The molecule has 1 aromatic carbocycles. The summed E-state index contributed by atoms with van der Waals surface area (Å²) in [5, 5.41) is 17.1. The van der Waals surface area contributed by atoms with Gasteiger partial charge in [0.25, 0.3) is 5.91 Å². The number of hydrogen-bond acceptors (Lipinski definition) is 6. The molecule has 3 heterocycles. The molecule has 142 valence electrons. The van der Waals surface area contributed by atoms with Gasteiger partial charge in [-0.2, -0.15) is 5.10 Å². The predicted molar refractivity (Wildman–Crippen MR) is 105 cm³/mol. The highest BCUT2D eigenvalue weighted by Gasteiger charge is 2.20. The molecule has 1 amide bonds. The van der Waals surface area contributed by atoms with E-state index in [0.29, 0.717) is 21.7 Å². The Bertz CT molecular complexity index is 1140. The van der Waals surface area contributed by atoms with Gasteiger partial charge >= 0.3 is 0 Å². The first kappa shape index (κ1) is 18.2. The lowest BCUT2D eigenvalue weighted by Gasteiger charge is -2.04. The highest BCUT2D eigenvalue weighted by atomic mass is 32.1. The van der Waals surface area contributed by atoms with Crippen LogP contribution < -0.4 is 5.32 Å². The topological polar surface area (TPSA) is 85.6 Å². The summed E-state index contributed by atoms with van der Waals surface area (Å²) in [7, 11) is 0. The first-order chi connectivity index (χ1) is 13.7. The van der Waals surface area contributed by atoms with E-state index in [0.717, 1.165) is 17.8 Å². The standard InChI is InChI=1S/C19H17FN6OS/c1-2-6-15-23-24-19(28-15)22-18(27)16-13-8-5-10-21-17(13)26(25-16)11-12-7-3-4-9-14(12)20/h3-5,7-10H,2,6,11H2,1H3,(H,22,24,27). The summed E-state index contributed by atoms with van der Waals surface area (Å²) in [5.41, 5.74) is 1.20. The Kier molecular flexibility index (Phi) is 5.07. The molecular formula is C19H17FN6OS. The van der Waals surface area contributed by atoms with Crippen molar-refractivity contribution in [2.45, 2.75) is 26.3 Å². The molecule has 4 aromatic rings. The molecule has 0 aliphatic heterocycles. The van der Waals surface area contributed by atoms with Gasteiger partial charge in [-0.15, -0.1) is 10.2 Å². The molecule has 0 bridgehead atoms. The van der Waals surface area contributed by atoms with Crippen molar-refractivity contribution in [3.8, 4) is 0 Å². The fourth-order valence-electron chi connectivity index (χ4n) is 2.85.